The van der Waals surface area contributed by atoms with Gasteiger partial charge in [-0.05, 0) is 40.5 Å². The average molecular weight is 302 g/mol. The van der Waals surface area contributed by atoms with Crippen LogP contribution in [0, 0.1) is 6.92 Å². The van der Waals surface area contributed by atoms with Crippen LogP contribution in [0.15, 0.2) is 29.0 Å². The lowest BCUT2D eigenvalue weighted by Crippen LogP contribution is -2.01. The van der Waals surface area contributed by atoms with E-state index >= 15 is 0 Å². The second-order valence-electron chi connectivity index (χ2n) is 3.51. The summed E-state index contributed by atoms with van der Waals surface area (Å²) >= 11 is 9.35. The van der Waals surface area contributed by atoms with Crippen molar-refractivity contribution in [3.63, 3.8) is 0 Å². The number of aromatic nitrogens is 2. The molecule has 1 N–H and O–H groups in total. The molecule has 1 heterocycles. The Kier molecular flexibility index (Phi) is 3.21. The van der Waals surface area contributed by atoms with Gasteiger partial charge in [0.1, 0.15) is 16.2 Å². The molecular weight excluding hydrogens is 291 g/mol. The highest BCUT2D eigenvalue weighted by molar-refractivity contribution is 9.10. The Morgan fingerprint density at radius 1 is 1.50 bits per heavy atom. The van der Waals surface area contributed by atoms with E-state index in [-0.39, 0.29) is 5.75 Å². The molecule has 0 bridgehead atoms. The van der Waals surface area contributed by atoms with Crippen LogP contribution in [0.3, 0.4) is 0 Å². The van der Waals surface area contributed by atoms with Crippen molar-refractivity contribution in [2.45, 2.75) is 13.5 Å². The van der Waals surface area contributed by atoms with Crippen LogP contribution in [0.1, 0.15) is 11.4 Å². The topological polar surface area (TPSA) is 38.0 Å². The molecule has 0 atom stereocenters. The summed E-state index contributed by atoms with van der Waals surface area (Å²) in [6.07, 6.45) is 1.90. The summed E-state index contributed by atoms with van der Waals surface area (Å²) in [5, 5.41) is 9.81. The second-order valence-corrected chi connectivity index (χ2v) is 4.73. The molecule has 84 valence electrons. The van der Waals surface area contributed by atoms with Gasteiger partial charge >= 0.3 is 0 Å². The molecule has 2 rings (SSSR count). The van der Waals surface area contributed by atoms with Crippen LogP contribution in [-0.4, -0.2) is 14.7 Å². The second kappa shape index (κ2) is 4.47. The third-order valence-electron chi connectivity index (χ3n) is 2.32. The van der Waals surface area contributed by atoms with Gasteiger partial charge in [-0.15, -0.1) is 0 Å². The molecule has 1 aromatic heterocycles. The van der Waals surface area contributed by atoms with Crippen molar-refractivity contribution in [2.75, 3.05) is 0 Å². The fraction of sp³-hybridized carbons (Fsp3) is 0.182. The Morgan fingerprint density at radius 3 is 2.81 bits per heavy atom. The van der Waals surface area contributed by atoms with E-state index in [9.17, 15) is 5.11 Å². The molecule has 0 fully saturated rings. The van der Waals surface area contributed by atoms with E-state index in [2.05, 4.69) is 20.9 Å². The number of phenolic OH excluding ortho intramolecular Hbond substituents is 1. The van der Waals surface area contributed by atoms with Crippen molar-refractivity contribution in [1.29, 1.82) is 0 Å². The first-order valence-electron chi connectivity index (χ1n) is 4.73. The van der Waals surface area contributed by atoms with Gasteiger partial charge in [0.05, 0.1) is 6.54 Å². The maximum atomic E-state index is 9.25. The Labute approximate surface area is 107 Å². The molecule has 0 unspecified atom stereocenters. The van der Waals surface area contributed by atoms with Crippen LogP contribution in [0.2, 0.25) is 5.02 Å². The lowest BCUT2D eigenvalue weighted by Gasteiger charge is -2.07. The van der Waals surface area contributed by atoms with Crippen molar-refractivity contribution in [1.82, 2.24) is 9.55 Å². The summed E-state index contributed by atoms with van der Waals surface area (Å²) in [4.78, 5) is 4.24. The van der Waals surface area contributed by atoms with Gasteiger partial charge in [-0.3, -0.25) is 0 Å². The van der Waals surface area contributed by atoms with Gasteiger partial charge < -0.3 is 9.67 Å². The quantitative estimate of drug-likeness (QED) is 0.923. The number of aryl methyl sites for hydroxylation is 1. The van der Waals surface area contributed by atoms with Crippen molar-refractivity contribution < 1.29 is 5.11 Å². The van der Waals surface area contributed by atoms with Gasteiger partial charge in [-0.1, -0.05) is 17.7 Å². The summed E-state index contributed by atoms with van der Waals surface area (Å²) in [5.41, 5.74) is 0.951. The van der Waals surface area contributed by atoms with E-state index in [0.717, 1.165) is 16.0 Å². The SMILES string of the molecule is Cc1nc(Br)cn1Cc1ccc(O)cc1Cl. The first-order valence-corrected chi connectivity index (χ1v) is 5.90. The van der Waals surface area contributed by atoms with E-state index in [4.69, 9.17) is 11.6 Å². The average Bonchev–Trinajstić information content (AvgIpc) is 2.50. The third-order valence-corrected chi connectivity index (χ3v) is 3.06. The molecule has 0 aliphatic carbocycles. The fourth-order valence-electron chi connectivity index (χ4n) is 1.48. The highest BCUT2D eigenvalue weighted by Gasteiger charge is 2.06. The Hall–Kier alpha value is -1.00. The number of aromatic hydroxyl groups is 1. The predicted octanol–water partition coefficient (Wildman–Crippen LogP) is 3.36. The number of nitrogens with zero attached hydrogens (tertiary/aromatic N) is 2. The van der Waals surface area contributed by atoms with E-state index in [1.807, 2.05) is 23.8 Å². The largest absolute Gasteiger partial charge is 0.508 e. The zero-order chi connectivity index (χ0) is 11.7. The van der Waals surface area contributed by atoms with Crippen molar-refractivity contribution in [3.8, 4) is 5.75 Å². The minimum Gasteiger partial charge on any atom is -0.508 e. The number of hydrogen-bond acceptors (Lipinski definition) is 2. The fourth-order valence-corrected chi connectivity index (χ4v) is 2.22. The molecule has 3 nitrogen and oxygen atoms in total. The van der Waals surface area contributed by atoms with Gasteiger partial charge in [0.15, 0.2) is 0 Å². The van der Waals surface area contributed by atoms with E-state index in [1.54, 1.807) is 6.07 Å². The van der Waals surface area contributed by atoms with Crippen LogP contribution in [0.5, 0.6) is 5.75 Å². The van der Waals surface area contributed by atoms with E-state index in [1.165, 1.54) is 6.07 Å². The molecule has 0 radical (unpaired) electrons. The van der Waals surface area contributed by atoms with Crippen LogP contribution < -0.4 is 0 Å². The summed E-state index contributed by atoms with van der Waals surface area (Å²) in [6.45, 7) is 2.57. The van der Waals surface area contributed by atoms with Crippen molar-refractivity contribution in [2.24, 2.45) is 0 Å². The van der Waals surface area contributed by atoms with Crippen molar-refractivity contribution in [3.05, 3.63) is 45.4 Å². The highest BCUT2D eigenvalue weighted by atomic mass is 79.9. The molecule has 0 amide bonds. The molecule has 2 aromatic rings. The monoisotopic (exact) mass is 300 g/mol. The molecule has 5 heteroatoms. The number of benzene rings is 1. The zero-order valence-electron chi connectivity index (χ0n) is 8.61. The molecule has 0 saturated carbocycles. The predicted molar refractivity (Wildman–Crippen MR) is 66.9 cm³/mol. The maximum absolute atomic E-state index is 9.25. The summed E-state index contributed by atoms with van der Waals surface area (Å²) < 4.78 is 2.79. The Balaban J connectivity index is 2.30. The molecule has 0 aliphatic heterocycles. The van der Waals surface area contributed by atoms with Gasteiger partial charge in [0.2, 0.25) is 0 Å². The maximum Gasteiger partial charge on any atom is 0.124 e. The Morgan fingerprint density at radius 2 is 2.25 bits per heavy atom. The number of halogens is 2. The summed E-state index contributed by atoms with van der Waals surface area (Å²) in [6, 6.07) is 4.98. The minimum absolute atomic E-state index is 0.178. The van der Waals surface area contributed by atoms with E-state index < -0.39 is 0 Å². The van der Waals surface area contributed by atoms with Crippen LogP contribution in [0.25, 0.3) is 0 Å². The van der Waals surface area contributed by atoms with Gasteiger partial charge in [0, 0.05) is 11.2 Å². The van der Waals surface area contributed by atoms with Crippen LogP contribution in [-0.2, 0) is 6.54 Å². The number of rotatable bonds is 2. The Bertz CT molecular complexity index is 525. The number of imidazole rings is 1. The lowest BCUT2D eigenvalue weighted by molar-refractivity contribution is 0.475. The zero-order valence-corrected chi connectivity index (χ0v) is 11.0. The molecule has 16 heavy (non-hydrogen) atoms. The van der Waals surface area contributed by atoms with Gasteiger partial charge in [0.25, 0.3) is 0 Å². The highest BCUT2D eigenvalue weighted by Crippen LogP contribution is 2.23. The first-order chi connectivity index (χ1) is 7.56. The standard InChI is InChI=1S/C11H10BrClN2O/c1-7-14-11(12)6-15(7)5-8-2-3-9(16)4-10(8)13/h2-4,6,16H,5H2,1H3. The van der Waals surface area contributed by atoms with Crippen LogP contribution in [0.4, 0.5) is 0 Å². The summed E-state index contributed by atoms with van der Waals surface area (Å²) in [7, 11) is 0. The molecule has 0 aliphatic rings. The molecular formula is C11H10BrClN2O. The smallest absolute Gasteiger partial charge is 0.124 e. The third kappa shape index (κ3) is 2.39. The van der Waals surface area contributed by atoms with E-state index in [0.29, 0.717) is 11.6 Å². The minimum atomic E-state index is 0.178. The number of phenols is 1. The normalized spacial score (nSPS) is 10.7. The number of hydrogen-bond donors (Lipinski definition) is 1. The molecule has 1 aromatic carbocycles. The molecule has 0 spiro atoms. The summed E-state index contributed by atoms with van der Waals surface area (Å²) in [5.74, 6) is 1.09. The van der Waals surface area contributed by atoms with Crippen LogP contribution >= 0.6 is 27.5 Å². The van der Waals surface area contributed by atoms with Gasteiger partial charge in [-0.2, -0.15) is 0 Å². The molecule has 0 saturated heterocycles. The first kappa shape index (κ1) is 11.5. The van der Waals surface area contributed by atoms with Crippen molar-refractivity contribution >= 4 is 27.5 Å². The van der Waals surface area contributed by atoms with Gasteiger partial charge in [-0.25, -0.2) is 4.98 Å². The lowest BCUT2D eigenvalue weighted by atomic mass is 10.2.